The molecule has 4 heterocycles. The average molecular weight is 654 g/mol. The van der Waals surface area contributed by atoms with E-state index < -0.39 is 11.6 Å². The zero-order valence-corrected chi connectivity index (χ0v) is 28.8. The van der Waals surface area contributed by atoms with Crippen LogP contribution in [0.25, 0.3) is 23.1 Å². The van der Waals surface area contributed by atoms with Crippen molar-refractivity contribution in [3.63, 3.8) is 0 Å². The minimum absolute atomic E-state index is 0.0292. The molecule has 2 fully saturated rings. The third-order valence-electron chi connectivity index (χ3n) is 9.37. The second-order valence-electron chi connectivity index (χ2n) is 14.0. The molecular formula is C40H47NO7. The number of aromatic nitrogens is 1. The topological polar surface area (TPSA) is 91.5 Å². The number of H-pyrrole nitrogens is 1. The maximum absolute atomic E-state index is 10.9. The zero-order valence-electron chi connectivity index (χ0n) is 28.8. The van der Waals surface area contributed by atoms with Crippen molar-refractivity contribution in [2.75, 3.05) is 13.2 Å². The molecule has 2 saturated heterocycles. The Labute approximate surface area is 283 Å². The van der Waals surface area contributed by atoms with Crippen molar-refractivity contribution in [3.05, 3.63) is 89.2 Å². The van der Waals surface area contributed by atoms with Crippen molar-refractivity contribution in [2.24, 2.45) is 0 Å². The third-order valence-corrected chi connectivity index (χ3v) is 9.37. The summed E-state index contributed by atoms with van der Waals surface area (Å²) in [7, 11) is 0. The fourth-order valence-corrected chi connectivity index (χ4v) is 6.30. The second-order valence-corrected chi connectivity index (χ2v) is 14.0. The number of benzene rings is 2. The molecule has 6 rings (SSSR count). The van der Waals surface area contributed by atoms with Crippen LogP contribution in [-0.4, -0.2) is 53.9 Å². The number of carbonyl (C=O) groups is 1. The summed E-state index contributed by atoms with van der Waals surface area (Å²) in [5.74, 6) is 0.840. The van der Waals surface area contributed by atoms with E-state index in [4.69, 9.17) is 28.4 Å². The number of epoxide rings is 1. The van der Waals surface area contributed by atoms with Gasteiger partial charge in [0, 0.05) is 40.4 Å². The number of fused-ring (bicyclic) bond motifs is 2. The third kappa shape index (κ3) is 7.78. The van der Waals surface area contributed by atoms with E-state index in [2.05, 4.69) is 44.8 Å². The van der Waals surface area contributed by atoms with E-state index in [1.807, 2.05) is 68.6 Å². The van der Waals surface area contributed by atoms with Crippen LogP contribution in [0.5, 0.6) is 17.2 Å². The number of aromatic amines is 1. The number of ether oxygens (including phenoxy) is 6. The number of aldehydes is 1. The van der Waals surface area contributed by atoms with Gasteiger partial charge in [0.2, 0.25) is 0 Å². The highest BCUT2D eigenvalue weighted by Crippen LogP contribution is 2.45. The first kappa shape index (κ1) is 33.8. The first-order chi connectivity index (χ1) is 23.0. The van der Waals surface area contributed by atoms with Gasteiger partial charge in [0.25, 0.3) is 0 Å². The van der Waals surface area contributed by atoms with Crippen LogP contribution in [0.2, 0.25) is 0 Å². The molecule has 1 spiro atoms. The van der Waals surface area contributed by atoms with Crippen LogP contribution in [0.3, 0.4) is 0 Å². The highest BCUT2D eigenvalue weighted by atomic mass is 16.9. The van der Waals surface area contributed by atoms with Crippen LogP contribution < -0.4 is 14.2 Å². The molecule has 1 N–H and O–H groups in total. The van der Waals surface area contributed by atoms with Crippen LogP contribution in [0.15, 0.2) is 78.0 Å². The van der Waals surface area contributed by atoms with Crippen LogP contribution in [-0.2, 0) is 19.0 Å². The summed E-state index contributed by atoms with van der Waals surface area (Å²) < 4.78 is 37.3. The van der Waals surface area contributed by atoms with Crippen LogP contribution in [0.1, 0.15) is 78.4 Å². The van der Waals surface area contributed by atoms with Gasteiger partial charge in [0.1, 0.15) is 36.7 Å². The summed E-state index contributed by atoms with van der Waals surface area (Å²) in [6.07, 6.45) is 17.7. The van der Waals surface area contributed by atoms with Gasteiger partial charge in [0.15, 0.2) is 0 Å². The standard InChI is InChI=1S/C40H47NO7/c1-27(9-15-35-38(3,4)46-35)19-24-43-31-13-11-29-17-21-40(45-34(29)26-31)47-36(39(5,6)48-40)16-10-28(2)20-25-44-37-30(8-7-23-42)12-14-33-32(37)18-22-41-33/h7-8,11-14,17-23,26,35-36,41H,9-10,15-16,24-25H2,1-6H3/b8-7?,27-19+,28-20+/t35?,36-,40+/m1/s1. The van der Waals surface area contributed by atoms with Gasteiger partial charge in [-0.15, -0.1) is 0 Å². The summed E-state index contributed by atoms with van der Waals surface area (Å²) in [5, 5.41) is 0.977. The van der Waals surface area contributed by atoms with Gasteiger partial charge in [-0.25, -0.2) is 0 Å². The van der Waals surface area contributed by atoms with E-state index in [-0.39, 0.29) is 11.7 Å². The molecule has 0 saturated carbocycles. The maximum Gasteiger partial charge on any atom is 0.350 e. The fourth-order valence-electron chi connectivity index (χ4n) is 6.30. The van der Waals surface area contributed by atoms with Crippen molar-refractivity contribution >= 4 is 29.3 Å². The lowest BCUT2D eigenvalue weighted by Crippen LogP contribution is -2.38. The zero-order chi connectivity index (χ0) is 33.9. The highest BCUT2D eigenvalue weighted by Gasteiger charge is 2.54. The summed E-state index contributed by atoms with van der Waals surface area (Å²) in [4.78, 5) is 14.1. The van der Waals surface area contributed by atoms with Crippen molar-refractivity contribution in [1.29, 1.82) is 0 Å². The first-order valence-corrected chi connectivity index (χ1v) is 16.8. The van der Waals surface area contributed by atoms with Gasteiger partial charge in [-0.1, -0.05) is 11.1 Å². The minimum Gasteiger partial charge on any atom is -0.489 e. The molecule has 8 nitrogen and oxygen atoms in total. The average Bonchev–Trinajstić information content (AvgIpc) is 3.32. The molecule has 0 amide bonds. The van der Waals surface area contributed by atoms with Crippen LogP contribution in [0, 0.1) is 0 Å². The van der Waals surface area contributed by atoms with E-state index in [0.29, 0.717) is 25.1 Å². The molecule has 0 radical (unpaired) electrons. The van der Waals surface area contributed by atoms with E-state index in [9.17, 15) is 4.79 Å². The summed E-state index contributed by atoms with van der Waals surface area (Å²) in [5.41, 5.74) is 4.72. The molecule has 3 aliphatic rings. The molecular weight excluding hydrogens is 606 g/mol. The van der Waals surface area contributed by atoms with Crippen molar-refractivity contribution in [2.45, 2.75) is 96.6 Å². The Bertz CT molecular complexity index is 1760. The molecule has 0 aliphatic carbocycles. The molecule has 3 aliphatic heterocycles. The minimum atomic E-state index is -1.30. The lowest BCUT2D eigenvalue weighted by molar-refractivity contribution is -0.270. The summed E-state index contributed by atoms with van der Waals surface area (Å²) >= 11 is 0. The molecule has 254 valence electrons. The molecule has 1 unspecified atom stereocenters. The van der Waals surface area contributed by atoms with E-state index in [0.717, 1.165) is 65.5 Å². The highest BCUT2D eigenvalue weighted by molar-refractivity contribution is 5.91. The monoisotopic (exact) mass is 653 g/mol. The normalized spacial score (nSPS) is 24.2. The van der Waals surface area contributed by atoms with Gasteiger partial charge < -0.3 is 33.4 Å². The Balaban J connectivity index is 1.02. The second kappa shape index (κ2) is 13.8. The van der Waals surface area contributed by atoms with Crippen molar-refractivity contribution in [1.82, 2.24) is 4.98 Å². The van der Waals surface area contributed by atoms with Crippen molar-refractivity contribution < 1.29 is 33.2 Å². The van der Waals surface area contributed by atoms with Crippen LogP contribution in [0.4, 0.5) is 0 Å². The van der Waals surface area contributed by atoms with Crippen LogP contribution >= 0.6 is 0 Å². The van der Waals surface area contributed by atoms with Gasteiger partial charge in [-0.3, -0.25) is 4.79 Å². The SMILES string of the molecule is C/C(=C\COc1ccc2c(c1)O[C@@]1(C=C2)O[C@H](CC/C(C)=C/COc2c(C=CC=O)ccc3[nH]ccc23)C(C)(C)O1)CCC1OC1(C)C. The molecule has 8 heteroatoms. The van der Waals surface area contributed by atoms with E-state index in [1.54, 1.807) is 6.08 Å². The number of hydrogen-bond donors (Lipinski definition) is 1. The Morgan fingerprint density at radius 3 is 2.31 bits per heavy atom. The van der Waals surface area contributed by atoms with Gasteiger partial charge in [0.05, 0.1) is 23.4 Å². The van der Waals surface area contributed by atoms with Crippen molar-refractivity contribution in [3.8, 4) is 17.2 Å². The van der Waals surface area contributed by atoms with E-state index in [1.165, 1.54) is 17.2 Å². The molecule has 48 heavy (non-hydrogen) atoms. The largest absolute Gasteiger partial charge is 0.489 e. The van der Waals surface area contributed by atoms with Gasteiger partial charge in [-0.05, 0) is 128 Å². The molecule has 2 aromatic carbocycles. The Hall–Kier alpha value is -4.11. The quantitative estimate of drug-likeness (QED) is 0.0805. The molecule has 3 atom stereocenters. The predicted molar refractivity (Wildman–Crippen MR) is 188 cm³/mol. The summed E-state index contributed by atoms with van der Waals surface area (Å²) in [6, 6.07) is 11.8. The molecule has 3 aromatic rings. The smallest absolute Gasteiger partial charge is 0.350 e. The summed E-state index contributed by atoms with van der Waals surface area (Å²) in [6.45, 7) is 13.5. The fraction of sp³-hybridized carbons (Fsp3) is 0.425. The number of rotatable bonds is 14. The molecule has 0 bridgehead atoms. The predicted octanol–water partition coefficient (Wildman–Crippen LogP) is 8.72. The number of allylic oxidation sites excluding steroid dienone is 3. The number of carbonyl (C=O) groups excluding carboxylic acids is 1. The first-order valence-electron chi connectivity index (χ1n) is 16.8. The van der Waals surface area contributed by atoms with Gasteiger partial charge >= 0.3 is 5.97 Å². The van der Waals surface area contributed by atoms with Gasteiger partial charge in [-0.2, -0.15) is 0 Å². The Morgan fingerprint density at radius 2 is 1.60 bits per heavy atom. The Kier molecular flexibility index (Phi) is 9.70. The number of hydrogen-bond acceptors (Lipinski definition) is 7. The Morgan fingerprint density at radius 1 is 0.896 bits per heavy atom. The van der Waals surface area contributed by atoms with E-state index >= 15 is 0 Å². The molecule has 1 aromatic heterocycles. The number of nitrogens with one attached hydrogen (secondary N) is 1. The maximum atomic E-state index is 10.9. The lowest BCUT2D eigenvalue weighted by atomic mass is 9.96. The lowest BCUT2D eigenvalue weighted by Gasteiger charge is -2.30.